The van der Waals surface area contributed by atoms with Gasteiger partial charge in [0.1, 0.15) is 5.82 Å². The summed E-state index contributed by atoms with van der Waals surface area (Å²) in [6.07, 6.45) is 1.63. The SMILES string of the molecule is O=C(NCC1(CO)CC1)C(=O)Nc1ccc(Cl)cc1F. The Balaban J connectivity index is 1.89. The number of nitrogens with one attached hydrogen (secondary N) is 2. The number of carbonyl (C=O) groups excluding carboxylic acids is 2. The van der Waals surface area contributed by atoms with Crippen LogP contribution in [0.4, 0.5) is 10.1 Å². The molecule has 5 nitrogen and oxygen atoms in total. The molecule has 0 spiro atoms. The second kappa shape index (κ2) is 5.76. The van der Waals surface area contributed by atoms with Crippen LogP contribution in [0.5, 0.6) is 0 Å². The van der Waals surface area contributed by atoms with Crippen molar-refractivity contribution in [3.05, 3.63) is 29.0 Å². The maximum Gasteiger partial charge on any atom is 0.313 e. The highest BCUT2D eigenvalue weighted by molar-refractivity contribution is 6.39. The van der Waals surface area contributed by atoms with E-state index in [0.29, 0.717) is 0 Å². The summed E-state index contributed by atoms with van der Waals surface area (Å²) in [5.41, 5.74) is -0.403. The number of hydrogen-bond acceptors (Lipinski definition) is 3. The van der Waals surface area contributed by atoms with Gasteiger partial charge in [0.05, 0.1) is 12.3 Å². The molecule has 7 heteroatoms. The van der Waals surface area contributed by atoms with Crippen LogP contribution in [0.25, 0.3) is 0 Å². The molecule has 0 heterocycles. The molecule has 0 aromatic heterocycles. The molecule has 1 aliphatic rings. The molecule has 0 aliphatic heterocycles. The van der Waals surface area contributed by atoms with E-state index >= 15 is 0 Å². The van der Waals surface area contributed by atoms with E-state index in [9.17, 15) is 14.0 Å². The fourth-order valence-electron chi connectivity index (χ4n) is 1.69. The topological polar surface area (TPSA) is 78.4 Å². The number of anilines is 1. The maximum atomic E-state index is 13.4. The zero-order chi connectivity index (χ0) is 14.8. The lowest BCUT2D eigenvalue weighted by molar-refractivity contribution is -0.136. The van der Waals surface area contributed by atoms with Gasteiger partial charge >= 0.3 is 11.8 Å². The monoisotopic (exact) mass is 300 g/mol. The van der Waals surface area contributed by atoms with Gasteiger partial charge in [-0.1, -0.05) is 11.6 Å². The molecule has 2 amide bonds. The van der Waals surface area contributed by atoms with E-state index in [-0.39, 0.29) is 29.3 Å². The van der Waals surface area contributed by atoms with Crippen LogP contribution >= 0.6 is 11.6 Å². The normalized spacial score (nSPS) is 15.6. The number of aliphatic hydroxyl groups excluding tert-OH is 1. The Bertz CT molecular complexity index is 546. The lowest BCUT2D eigenvalue weighted by Crippen LogP contribution is -2.39. The molecule has 108 valence electrons. The molecule has 0 unspecified atom stereocenters. The van der Waals surface area contributed by atoms with Crippen molar-refractivity contribution in [3.8, 4) is 0 Å². The maximum absolute atomic E-state index is 13.4. The van der Waals surface area contributed by atoms with Crippen LogP contribution in [0.1, 0.15) is 12.8 Å². The third-order valence-electron chi connectivity index (χ3n) is 3.30. The van der Waals surface area contributed by atoms with Crippen molar-refractivity contribution in [2.45, 2.75) is 12.8 Å². The first-order valence-corrected chi connectivity index (χ1v) is 6.49. The molecule has 3 N–H and O–H groups in total. The molecule has 0 radical (unpaired) electrons. The van der Waals surface area contributed by atoms with Crippen LogP contribution in [0.15, 0.2) is 18.2 Å². The lowest BCUT2D eigenvalue weighted by Gasteiger charge is -2.12. The van der Waals surface area contributed by atoms with Gasteiger partial charge < -0.3 is 15.7 Å². The van der Waals surface area contributed by atoms with E-state index in [2.05, 4.69) is 10.6 Å². The molecule has 0 saturated heterocycles. The quantitative estimate of drug-likeness (QED) is 0.734. The van der Waals surface area contributed by atoms with Gasteiger partial charge in [-0.25, -0.2) is 4.39 Å². The number of amides is 2. The fraction of sp³-hybridized carbons (Fsp3) is 0.385. The van der Waals surface area contributed by atoms with E-state index in [1.165, 1.54) is 12.1 Å². The Labute approximate surface area is 120 Å². The van der Waals surface area contributed by atoms with Gasteiger partial charge in [0.15, 0.2) is 0 Å². The summed E-state index contributed by atoms with van der Waals surface area (Å²) in [6, 6.07) is 3.72. The van der Waals surface area contributed by atoms with Crippen LogP contribution in [0.3, 0.4) is 0 Å². The van der Waals surface area contributed by atoms with E-state index in [4.69, 9.17) is 16.7 Å². The summed E-state index contributed by atoms with van der Waals surface area (Å²) in [5.74, 6) is -2.54. The van der Waals surface area contributed by atoms with Gasteiger partial charge in [0.25, 0.3) is 0 Å². The van der Waals surface area contributed by atoms with Gasteiger partial charge in [-0.3, -0.25) is 9.59 Å². The summed E-state index contributed by atoms with van der Waals surface area (Å²) in [7, 11) is 0. The molecule has 0 bridgehead atoms. The van der Waals surface area contributed by atoms with E-state index in [0.717, 1.165) is 18.9 Å². The number of aliphatic hydroxyl groups is 1. The largest absolute Gasteiger partial charge is 0.396 e. The average Bonchev–Trinajstić information content (AvgIpc) is 3.20. The molecule has 2 rings (SSSR count). The lowest BCUT2D eigenvalue weighted by atomic mass is 10.1. The van der Waals surface area contributed by atoms with Crippen molar-refractivity contribution < 1.29 is 19.1 Å². The number of carbonyl (C=O) groups is 2. The Morgan fingerprint density at radius 2 is 2.05 bits per heavy atom. The third kappa shape index (κ3) is 3.46. The molecule has 1 aliphatic carbocycles. The summed E-state index contributed by atoms with van der Waals surface area (Å²) >= 11 is 5.58. The summed E-state index contributed by atoms with van der Waals surface area (Å²) in [5, 5.41) is 13.9. The van der Waals surface area contributed by atoms with E-state index in [1.54, 1.807) is 0 Å². The second-order valence-electron chi connectivity index (χ2n) is 4.92. The van der Waals surface area contributed by atoms with Gasteiger partial charge in [0, 0.05) is 17.0 Å². The van der Waals surface area contributed by atoms with Crippen molar-refractivity contribution in [1.82, 2.24) is 5.32 Å². The Morgan fingerprint density at radius 3 is 2.60 bits per heavy atom. The summed E-state index contributed by atoms with van der Waals surface area (Å²) in [6.45, 7) is 0.208. The molecule has 1 aromatic rings. The van der Waals surface area contributed by atoms with Gasteiger partial charge in [-0.05, 0) is 31.0 Å². The Hall–Kier alpha value is -1.66. The molecular formula is C13H14ClFN2O3. The minimum atomic E-state index is -0.958. The number of rotatable bonds is 4. The molecular weight excluding hydrogens is 287 g/mol. The zero-order valence-electron chi connectivity index (χ0n) is 10.6. The number of hydrogen-bond donors (Lipinski definition) is 3. The standard InChI is InChI=1S/C13H14ClFN2O3/c14-8-1-2-10(9(15)5-8)17-12(20)11(19)16-6-13(7-18)3-4-13/h1-2,5,18H,3-4,6-7H2,(H,16,19)(H,17,20). The fourth-order valence-corrected chi connectivity index (χ4v) is 1.84. The predicted molar refractivity (Wildman–Crippen MR) is 71.8 cm³/mol. The minimum absolute atomic E-state index is 0.0271. The number of benzene rings is 1. The molecule has 1 fully saturated rings. The Kier molecular flexibility index (Phi) is 4.25. The first kappa shape index (κ1) is 14.7. The van der Waals surface area contributed by atoms with Gasteiger partial charge in [-0.15, -0.1) is 0 Å². The highest BCUT2D eigenvalue weighted by atomic mass is 35.5. The van der Waals surface area contributed by atoms with E-state index in [1.807, 2.05) is 0 Å². The third-order valence-corrected chi connectivity index (χ3v) is 3.54. The highest BCUT2D eigenvalue weighted by Crippen LogP contribution is 2.44. The first-order chi connectivity index (χ1) is 9.46. The van der Waals surface area contributed by atoms with Crippen LogP contribution in [0.2, 0.25) is 5.02 Å². The van der Waals surface area contributed by atoms with E-state index < -0.39 is 17.6 Å². The molecule has 0 atom stereocenters. The van der Waals surface area contributed by atoms with Crippen molar-refractivity contribution in [2.75, 3.05) is 18.5 Å². The first-order valence-electron chi connectivity index (χ1n) is 6.11. The van der Waals surface area contributed by atoms with Crippen molar-refractivity contribution >= 4 is 29.1 Å². The highest BCUT2D eigenvalue weighted by Gasteiger charge is 2.42. The van der Waals surface area contributed by atoms with Crippen LogP contribution in [-0.2, 0) is 9.59 Å². The minimum Gasteiger partial charge on any atom is -0.396 e. The second-order valence-corrected chi connectivity index (χ2v) is 5.36. The van der Waals surface area contributed by atoms with Crippen LogP contribution < -0.4 is 10.6 Å². The average molecular weight is 301 g/mol. The molecule has 1 aromatic carbocycles. The Morgan fingerprint density at radius 1 is 1.35 bits per heavy atom. The van der Waals surface area contributed by atoms with Crippen molar-refractivity contribution in [2.24, 2.45) is 5.41 Å². The summed E-state index contributed by atoms with van der Waals surface area (Å²) in [4.78, 5) is 23.2. The predicted octanol–water partition coefficient (Wildman–Crippen LogP) is 1.31. The van der Waals surface area contributed by atoms with Crippen molar-refractivity contribution in [3.63, 3.8) is 0 Å². The van der Waals surface area contributed by atoms with Crippen LogP contribution in [-0.4, -0.2) is 30.1 Å². The van der Waals surface area contributed by atoms with Crippen LogP contribution in [0, 0.1) is 11.2 Å². The molecule has 1 saturated carbocycles. The van der Waals surface area contributed by atoms with Gasteiger partial charge in [-0.2, -0.15) is 0 Å². The molecule has 20 heavy (non-hydrogen) atoms. The number of halogens is 2. The van der Waals surface area contributed by atoms with Gasteiger partial charge in [0.2, 0.25) is 0 Å². The summed E-state index contributed by atoms with van der Waals surface area (Å²) < 4.78 is 13.4. The van der Waals surface area contributed by atoms with Crippen molar-refractivity contribution in [1.29, 1.82) is 0 Å². The smallest absolute Gasteiger partial charge is 0.313 e. The zero-order valence-corrected chi connectivity index (χ0v) is 11.3.